The standard InChI is InChI=1S/C11H5F6NO/c1-3-9(19)6-4(12)2-5(13)7(14)8(6)18-10(3)11(15,16)17/h2H,1H3,(H,18,19). The largest absolute Gasteiger partial charge is 0.431 e. The Balaban J connectivity index is 3.06. The van der Waals surface area contributed by atoms with E-state index in [0.717, 1.165) is 6.92 Å². The minimum Gasteiger partial charge on any atom is -0.348 e. The fraction of sp³-hybridized carbons (Fsp3) is 0.182. The van der Waals surface area contributed by atoms with Crippen LogP contribution in [-0.4, -0.2) is 4.98 Å². The number of rotatable bonds is 0. The minimum absolute atomic E-state index is 0.111. The molecule has 2 aromatic rings. The molecule has 0 atom stereocenters. The molecule has 0 aliphatic rings. The molecule has 0 aliphatic heterocycles. The van der Waals surface area contributed by atoms with Gasteiger partial charge in [-0.3, -0.25) is 4.79 Å². The zero-order valence-electron chi connectivity index (χ0n) is 9.25. The highest BCUT2D eigenvalue weighted by molar-refractivity contribution is 5.81. The number of hydrogen-bond acceptors (Lipinski definition) is 1. The summed E-state index contributed by atoms with van der Waals surface area (Å²) in [4.78, 5) is 13.2. The van der Waals surface area contributed by atoms with Gasteiger partial charge in [-0.25, -0.2) is 13.2 Å². The van der Waals surface area contributed by atoms with Crippen LogP contribution in [0, 0.1) is 24.4 Å². The van der Waals surface area contributed by atoms with Crippen molar-refractivity contribution < 1.29 is 26.3 Å². The molecule has 0 amide bonds. The van der Waals surface area contributed by atoms with E-state index in [-0.39, 0.29) is 6.07 Å². The molecule has 102 valence electrons. The molecule has 0 bridgehead atoms. The van der Waals surface area contributed by atoms with Crippen molar-refractivity contribution in [2.24, 2.45) is 0 Å². The number of nitrogens with one attached hydrogen (secondary N) is 1. The molecule has 2 rings (SSSR count). The van der Waals surface area contributed by atoms with Crippen LogP contribution in [0.25, 0.3) is 10.9 Å². The summed E-state index contributed by atoms with van der Waals surface area (Å²) in [5.41, 5.74) is -4.82. The van der Waals surface area contributed by atoms with Crippen LogP contribution in [0.3, 0.4) is 0 Å². The van der Waals surface area contributed by atoms with Gasteiger partial charge in [-0.1, -0.05) is 0 Å². The third-order valence-corrected chi connectivity index (χ3v) is 2.65. The molecule has 2 nitrogen and oxygen atoms in total. The first kappa shape index (κ1) is 13.4. The summed E-state index contributed by atoms with van der Waals surface area (Å²) in [5.74, 6) is -4.84. The van der Waals surface area contributed by atoms with E-state index in [1.807, 2.05) is 0 Å². The van der Waals surface area contributed by atoms with E-state index >= 15 is 0 Å². The molecule has 19 heavy (non-hydrogen) atoms. The summed E-state index contributed by atoms with van der Waals surface area (Å²) in [6.45, 7) is 0.821. The lowest BCUT2D eigenvalue weighted by molar-refractivity contribution is -0.141. The lowest BCUT2D eigenvalue weighted by atomic mass is 10.1. The number of hydrogen-bond donors (Lipinski definition) is 1. The zero-order chi connectivity index (χ0) is 14.5. The highest BCUT2D eigenvalue weighted by Gasteiger charge is 2.35. The monoisotopic (exact) mass is 281 g/mol. The Labute approximate surface area is 101 Å². The van der Waals surface area contributed by atoms with Crippen LogP contribution >= 0.6 is 0 Å². The van der Waals surface area contributed by atoms with Gasteiger partial charge in [0.05, 0.1) is 10.9 Å². The summed E-state index contributed by atoms with van der Waals surface area (Å²) in [7, 11) is 0. The van der Waals surface area contributed by atoms with Gasteiger partial charge in [-0.2, -0.15) is 13.2 Å². The van der Waals surface area contributed by atoms with Crippen molar-refractivity contribution in [3.05, 3.63) is 45.0 Å². The Morgan fingerprint density at radius 2 is 1.68 bits per heavy atom. The first-order valence-corrected chi connectivity index (χ1v) is 4.92. The molecule has 0 spiro atoms. The Kier molecular flexibility index (Phi) is 2.83. The second-order valence-corrected chi connectivity index (χ2v) is 3.86. The van der Waals surface area contributed by atoms with Crippen LogP contribution in [0.2, 0.25) is 0 Å². The topological polar surface area (TPSA) is 32.9 Å². The molecule has 8 heteroatoms. The van der Waals surface area contributed by atoms with Crippen molar-refractivity contribution in [2.75, 3.05) is 0 Å². The van der Waals surface area contributed by atoms with Gasteiger partial charge < -0.3 is 4.98 Å². The van der Waals surface area contributed by atoms with Crippen LogP contribution in [0.15, 0.2) is 10.9 Å². The normalized spacial score (nSPS) is 12.2. The Morgan fingerprint density at radius 1 is 1.11 bits per heavy atom. The van der Waals surface area contributed by atoms with Crippen molar-refractivity contribution in [3.8, 4) is 0 Å². The maximum Gasteiger partial charge on any atom is 0.431 e. The van der Waals surface area contributed by atoms with Crippen molar-refractivity contribution in [3.63, 3.8) is 0 Å². The fourth-order valence-corrected chi connectivity index (χ4v) is 1.74. The lowest BCUT2D eigenvalue weighted by Crippen LogP contribution is -2.20. The quantitative estimate of drug-likeness (QED) is 0.583. The number of fused-ring (bicyclic) bond motifs is 1. The highest BCUT2D eigenvalue weighted by Crippen LogP contribution is 2.31. The van der Waals surface area contributed by atoms with E-state index in [1.54, 1.807) is 4.98 Å². The van der Waals surface area contributed by atoms with E-state index < -0.39 is 51.2 Å². The van der Waals surface area contributed by atoms with E-state index in [2.05, 4.69) is 0 Å². The van der Waals surface area contributed by atoms with Crippen molar-refractivity contribution in [2.45, 2.75) is 13.1 Å². The maximum atomic E-state index is 13.4. The molecule has 0 saturated heterocycles. The number of aromatic amines is 1. The number of aromatic nitrogens is 1. The molecule has 0 aliphatic carbocycles. The average Bonchev–Trinajstić information content (AvgIpc) is 2.27. The summed E-state index contributed by atoms with van der Waals surface area (Å²) in [6, 6.07) is 0.111. The summed E-state index contributed by atoms with van der Waals surface area (Å²) in [5, 5.41) is -0.940. The predicted octanol–water partition coefficient (Wildman–Crippen LogP) is 3.27. The fourth-order valence-electron chi connectivity index (χ4n) is 1.74. The van der Waals surface area contributed by atoms with Crippen LogP contribution in [0.5, 0.6) is 0 Å². The Hall–Kier alpha value is -1.99. The number of benzene rings is 1. The minimum atomic E-state index is -4.97. The van der Waals surface area contributed by atoms with E-state index in [9.17, 15) is 31.1 Å². The van der Waals surface area contributed by atoms with Crippen molar-refractivity contribution >= 4 is 10.9 Å². The number of pyridine rings is 1. The number of halogens is 6. The van der Waals surface area contributed by atoms with E-state index in [0.29, 0.717) is 0 Å². The number of H-pyrrole nitrogens is 1. The van der Waals surface area contributed by atoms with Crippen LogP contribution < -0.4 is 5.43 Å². The van der Waals surface area contributed by atoms with E-state index in [4.69, 9.17) is 0 Å². The van der Waals surface area contributed by atoms with Crippen LogP contribution in [0.1, 0.15) is 11.3 Å². The van der Waals surface area contributed by atoms with Gasteiger partial charge in [0.25, 0.3) is 0 Å². The van der Waals surface area contributed by atoms with Gasteiger partial charge in [0.15, 0.2) is 17.1 Å². The van der Waals surface area contributed by atoms with Crippen LogP contribution in [-0.2, 0) is 6.18 Å². The highest BCUT2D eigenvalue weighted by atomic mass is 19.4. The lowest BCUT2D eigenvalue weighted by Gasteiger charge is -2.12. The molecule has 1 N–H and O–H groups in total. The number of alkyl halides is 3. The molecular weight excluding hydrogens is 276 g/mol. The summed E-state index contributed by atoms with van der Waals surface area (Å²) < 4.78 is 77.5. The third-order valence-electron chi connectivity index (χ3n) is 2.65. The van der Waals surface area contributed by atoms with E-state index in [1.165, 1.54) is 0 Å². The Bertz CT molecular complexity index is 731. The summed E-state index contributed by atoms with van der Waals surface area (Å²) >= 11 is 0. The summed E-state index contributed by atoms with van der Waals surface area (Å²) in [6.07, 6.45) is -4.97. The predicted molar refractivity (Wildman–Crippen MR) is 54.2 cm³/mol. The van der Waals surface area contributed by atoms with Gasteiger partial charge in [-0.15, -0.1) is 0 Å². The first-order valence-electron chi connectivity index (χ1n) is 4.92. The van der Waals surface area contributed by atoms with Crippen LogP contribution in [0.4, 0.5) is 26.3 Å². The molecule has 0 radical (unpaired) electrons. The first-order chi connectivity index (χ1) is 8.64. The van der Waals surface area contributed by atoms with Gasteiger partial charge in [0, 0.05) is 11.6 Å². The van der Waals surface area contributed by atoms with Gasteiger partial charge >= 0.3 is 6.18 Å². The van der Waals surface area contributed by atoms with Gasteiger partial charge in [0.2, 0.25) is 0 Å². The van der Waals surface area contributed by atoms with Gasteiger partial charge in [-0.05, 0) is 6.92 Å². The maximum absolute atomic E-state index is 13.4. The Morgan fingerprint density at radius 3 is 2.21 bits per heavy atom. The van der Waals surface area contributed by atoms with Crippen molar-refractivity contribution in [1.29, 1.82) is 0 Å². The average molecular weight is 281 g/mol. The second-order valence-electron chi connectivity index (χ2n) is 3.86. The molecule has 0 unspecified atom stereocenters. The molecular formula is C11H5F6NO. The van der Waals surface area contributed by atoms with Gasteiger partial charge in [0.1, 0.15) is 11.5 Å². The second kappa shape index (κ2) is 4.01. The smallest absolute Gasteiger partial charge is 0.348 e. The molecule has 1 aromatic heterocycles. The zero-order valence-corrected chi connectivity index (χ0v) is 9.25. The molecule has 0 saturated carbocycles. The third kappa shape index (κ3) is 1.96. The molecule has 1 aromatic carbocycles. The van der Waals surface area contributed by atoms with Crippen molar-refractivity contribution in [1.82, 2.24) is 4.98 Å². The molecule has 1 heterocycles. The molecule has 0 fully saturated rings. The SMILES string of the molecule is Cc1c(C(F)(F)F)[nH]c2c(F)c(F)cc(F)c2c1=O.